The Morgan fingerprint density at radius 1 is 1.42 bits per heavy atom. The van der Waals surface area contributed by atoms with Crippen molar-refractivity contribution < 1.29 is 0 Å². The second-order valence-electron chi connectivity index (χ2n) is 2.66. The summed E-state index contributed by atoms with van der Waals surface area (Å²) in [6.45, 7) is 3.83. The SMILES string of the molecule is Cc1nn2c(C)cnnc2c1S. The Bertz CT molecular complexity index is 434. The standard InChI is InChI=1S/C7H8N4S/c1-4-3-8-9-7-6(12)5(2)10-11(4)7/h3,12H,1-2H3. The van der Waals surface area contributed by atoms with Crippen molar-refractivity contribution in [3.05, 3.63) is 17.6 Å². The molecule has 12 heavy (non-hydrogen) atoms. The van der Waals surface area contributed by atoms with Crippen LogP contribution in [0, 0.1) is 13.8 Å². The van der Waals surface area contributed by atoms with Crippen molar-refractivity contribution in [2.24, 2.45) is 0 Å². The van der Waals surface area contributed by atoms with Crippen LogP contribution in [-0.2, 0) is 0 Å². The fourth-order valence-corrected chi connectivity index (χ4v) is 1.25. The average molecular weight is 180 g/mol. The molecule has 0 saturated carbocycles. The first-order valence-corrected chi connectivity index (χ1v) is 4.01. The van der Waals surface area contributed by atoms with Crippen molar-refractivity contribution in [3.8, 4) is 0 Å². The molecule has 5 heteroatoms. The maximum absolute atomic E-state index is 4.28. The van der Waals surface area contributed by atoms with E-state index in [1.165, 1.54) is 0 Å². The minimum atomic E-state index is 0.718. The van der Waals surface area contributed by atoms with Gasteiger partial charge in [0.15, 0.2) is 5.65 Å². The van der Waals surface area contributed by atoms with E-state index in [4.69, 9.17) is 0 Å². The average Bonchev–Trinajstić information content (AvgIpc) is 2.32. The zero-order chi connectivity index (χ0) is 8.72. The summed E-state index contributed by atoms with van der Waals surface area (Å²) in [4.78, 5) is 0.797. The minimum Gasteiger partial charge on any atom is -0.215 e. The van der Waals surface area contributed by atoms with E-state index in [1.807, 2.05) is 13.8 Å². The summed E-state index contributed by atoms with van der Waals surface area (Å²) in [5.74, 6) is 0. The Morgan fingerprint density at radius 3 is 2.83 bits per heavy atom. The predicted molar refractivity (Wildman–Crippen MR) is 47.5 cm³/mol. The molecule has 2 heterocycles. The van der Waals surface area contributed by atoms with Gasteiger partial charge >= 0.3 is 0 Å². The number of fused-ring (bicyclic) bond motifs is 1. The molecule has 0 aliphatic heterocycles. The van der Waals surface area contributed by atoms with Gasteiger partial charge in [-0.3, -0.25) is 0 Å². The molecular formula is C7H8N4S. The Morgan fingerprint density at radius 2 is 2.17 bits per heavy atom. The third kappa shape index (κ3) is 0.896. The van der Waals surface area contributed by atoms with Crippen molar-refractivity contribution in [3.63, 3.8) is 0 Å². The molecule has 0 spiro atoms. The van der Waals surface area contributed by atoms with Gasteiger partial charge in [-0.1, -0.05) is 0 Å². The quantitative estimate of drug-likeness (QED) is 0.616. The number of aromatic nitrogens is 4. The molecule has 62 valence electrons. The molecular weight excluding hydrogens is 172 g/mol. The second-order valence-corrected chi connectivity index (χ2v) is 3.10. The van der Waals surface area contributed by atoms with Crippen LogP contribution in [0.25, 0.3) is 5.65 Å². The first-order chi connectivity index (χ1) is 5.70. The smallest absolute Gasteiger partial charge is 0.191 e. The molecule has 2 rings (SSSR count). The van der Waals surface area contributed by atoms with Gasteiger partial charge < -0.3 is 0 Å². The first kappa shape index (κ1) is 7.54. The number of hydrogen-bond donors (Lipinski definition) is 1. The first-order valence-electron chi connectivity index (χ1n) is 3.56. The van der Waals surface area contributed by atoms with Crippen LogP contribution in [0.3, 0.4) is 0 Å². The summed E-state index contributed by atoms with van der Waals surface area (Å²) in [7, 11) is 0. The topological polar surface area (TPSA) is 43.1 Å². The highest BCUT2D eigenvalue weighted by atomic mass is 32.1. The number of rotatable bonds is 0. The molecule has 4 nitrogen and oxygen atoms in total. The van der Waals surface area contributed by atoms with Crippen LogP contribution < -0.4 is 0 Å². The summed E-state index contributed by atoms with van der Waals surface area (Å²) < 4.78 is 1.74. The van der Waals surface area contributed by atoms with Crippen LogP contribution in [0.1, 0.15) is 11.4 Å². The fourth-order valence-electron chi connectivity index (χ4n) is 1.06. The van der Waals surface area contributed by atoms with Crippen LogP contribution in [0.5, 0.6) is 0 Å². The van der Waals surface area contributed by atoms with Crippen molar-refractivity contribution in [2.75, 3.05) is 0 Å². The summed E-state index contributed by atoms with van der Waals surface area (Å²) >= 11 is 4.28. The predicted octanol–water partition coefficient (Wildman–Crippen LogP) is 1.03. The highest BCUT2D eigenvalue weighted by molar-refractivity contribution is 7.80. The van der Waals surface area contributed by atoms with Crippen molar-refractivity contribution in [2.45, 2.75) is 18.7 Å². The molecule has 0 radical (unpaired) electrons. The Balaban J connectivity index is 2.95. The molecule has 0 atom stereocenters. The zero-order valence-corrected chi connectivity index (χ0v) is 7.71. The molecule has 0 fully saturated rings. The lowest BCUT2D eigenvalue weighted by molar-refractivity contribution is 0.838. The molecule has 0 N–H and O–H groups in total. The highest BCUT2D eigenvalue weighted by Gasteiger charge is 2.07. The van der Waals surface area contributed by atoms with E-state index in [9.17, 15) is 0 Å². The van der Waals surface area contributed by atoms with E-state index in [1.54, 1.807) is 10.7 Å². The van der Waals surface area contributed by atoms with Crippen LogP contribution in [0.4, 0.5) is 0 Å². The molecule has 0 amide bonds. The van der Waals surface area contributed by atoms with Gasteiger partial charge in [0.25, 0.3) is 0 Å². The van der Waals surface area contributed by atoms with E-state index >= 15 is 0 Å². The van der Waals surface area contributed by atoms with Gasteiger partial charge in [-0.2, -0.15) is 10.2 Å². The van der Waals surface area contributed by atoms with Crippen molar-refractivity contribution in [1.82, 2.24) is 19.8 Å². The molecule has 0 aliphatic carbocycles. The van der Waals surface area contributed by atoms with Crippen molar-refractivity contribution >= 4 is 18.3 Å². The van der Waals surface area contributed by atoms with E-state index in [-0.39, 0.29) is 0 Å². The number of thiol groups is 1. The number of nitrogens with zero attached hydrogens (tertiary/aromatic N) is 4. The van der Waals surface area contributed by atoms with E-state index in [2.05, 4.69) is 27.9 Å². The van der Waals surface area contributed by atoms with Gasteiger partial charge in [0, 0.05) is 0 Å². The zero-order valence-electron chi connectivity index (χ0n) is 6.81. The summed E-state index contributed by atoms with van der Waals surface area (Å²) in [6.07, 6.45) is 1.67. The molecule has 0 unspecified atom stereocenters. The Hall–Kier alpha value is -1.10. The molecule has 0 aromatic carbocycles. The van der Waals surface area contributed by atoms with Gasteiger partial charge in [0.05, 0.1) is 22.5 Å². The third-order valence-corrected chi connectivity index (χ3v) is 2.26. The van der Waals surface area contributed by atoms with Gasteiger partial charge in [0.2, 0.25) is 0 Å². The van der Waals surface area contributed by atoms with Crippen LogP contribution in [-0.4, -0.2) is 19.8 Å². The highest BCUT2D eigenvalue weighted by Crippen LogP contribution is 2.16. The van der Waals surface area contributed by atoms with E-state index < -0.39 is 0 Å². The van der Waals surface area contributed by atoms with E-state index in [0.29, 0.717) is 0 Å². The van der Waals surface area contributed by atoms with Crippen molar-refractivity contribution in [1.29, 1.82) is 0 Å². The van der Waals surface area contributed by atoms with Crippen LogP contribution in [0.15, 0.2) is 11.1 Å². The van der Waals surface area contributed by atoms with Gasteiger partial charge in [-0.05, 0) is 13.8 Å². The summed E-state index contributed by atoms with van der Waals surface area (Å²) in [6, 6.07) is 0. The van der Waals surface area contributed by atoms with Gasteiger partial charge in [-0.25, -0.2) is 4.52 Å². The van der Waals surface area contributed by atoms with E-state index in [0.717, 1.165) is 21.9 Å². The summed E-state index contributed by atoms with van der Waals surface area (Å²) in [5, 5.41) is 12.0. The normalized spacial score (nSPS) is 10.9. The van der Waals surface area contributed by atoms with Crippen LogP contribution >= 0.6 is 12.6 Å². The maximum atomic E-state index is 4.28. The lowest BCUT2D eigenvalue weighted by atomic mass is 10.5. The Kier molecular flexibility index (Phi) is 1.54. The minimum absolute atomic E-state index is 0.718. The number of hydrogen-bond acceptors (Lipinski definition) is 4. The molecule has 2 aromatic rings. The molecule has 0 bridgehead atoms. The lowest BCUT2D eigenvalue weighted by Gasteiger charge is -1.94. The number of aryl methyl sites for hydroxylation is 2. The second kappa shape index (κ2) is 2.45. The van der Waals surface area contributed by atoms with Crippen LogP contribution in [0.2, 0.25) is 0 Å². The fraction of sp³-hybridized carbons (Fsp3) is 0.286. The lowest BCUT2D eigenvalue weighted by Crippen LogP contribution is -1.96. The van der Waals surface area contributed by atoms with Gasteiger partial charge in [0.1, 0.15) is 0 Å². The molecule has 0 saturated heterocycles. The molecule has 2 aromatic heterocycles. The van der Waals surface area contributed by atoms with Gasteiger partial charge in [-0.15, -0.1) is 17.7 Å². The largest absolute Gasteiger partial charge is 0.215 e. The summed E-state index contributed by atoms with van der Waals surface area (Å²) in [5.41, 5.74) is 2.56. The third-order valence-electron chi connectivity index (χ3n) is 1.74. The monoisotopic (exact) mass is 180 g/mol. The maximum Gasteiger partial charge on any atom is 0.191 e. The molecule has 0 aliphatic rings. The Labute approximate surface area is 75.0 Å².